The predicted octanol–water partition coefficient (Wildman–Crippen LogP) is 1.19. The highest BCUT2D eigenvalue weighted by molar-refractivity contribution is 5.95. The van der Waals surface area contributed by atoms with E-state index in [4.69, 9.17) is 4.42 Å². The van der Waals surface area contributed by atoms with Crippen LogP contribution in [0.3, 0.4) is 0 Å². The van der Waals surface area contributed by atoms with E-state index in [-0.39, 0.29) is 18.6 Å². The van der Waals surface area contributed by atoms with E-state index in [9.17, 15) is 9.90 Å². The van der Waals surface area contributed by atoms with Crippen molar-refractivity contribution in [3.05, 3.63) is 40.9 Å². The number of aryl methyl sites for hydroxylation is 3. The number of hydrogen-bond donors (Lipinski definition) is 1. The molecule has 1 aliphatic rings. The maximum atomic E-state index is 12.7. The number of hydrogen-bond acceptors (Lipinski definition) is 4. The van der Waals surface area contributed by atoms with Crippen molar-refractivity contribution >= 4 is 5.91 Å². The molecule has 2 aromatic rings. The average molecular weight is 289 g/mol. The van der Waals surface area contributed by atoms with Gasteiger partial charge in [-0.3, -0.25) is 4.79 Å². The van der Waals surface area contributed by atoms with Gasteiger partial charge in [0.05, 0.1) is 36.8 Å². The monoisotopic (exact) mass is 289 g/mol. The number of carbonyl (C=O) groups excluding carboxylic acids is 1. The molecule has 0 saturated heterocycles. The van der Waals surface area contributed by atoms with Gasteiger partial charge in [-0.15, -0.1) is 0 Å². The number of aliphatic hydroxyl groups excluding tert-OH is 1. The molecule has 2 aromatic heterocycles. The first kappa shape index (κ1) is 13.9. The number of nitrogens with zero attached hydrogens (tertiary/aromatic N) is 3. The van der Waals surface area contributed by atoms with Crippen LogP contribution >= 0.6 is 0 Å². The first-order valence-electron chi connectivity index (χ1n) is 6.99. The van der Waals surface area contributed by atoms with Crippen LogP contribution < -0.4 is 0 Å². The van der Waals surface area contributed by atoms with Gasteiger partial charge >= 0.3 is 0 Å². The minimum Gasteiger partial charge on any atom is -0.466 e. The lowest BCUT2D eigenvalue weighted by molar-refractivity contribution is 0.0534. The zero-order valence-electron chi connectivity index (χ0n) is 12.5. The Hall–Kier alpha value is -2.08. The minimum absolute atomic E-state index is 0.0633. The summed E-state index contributed by atoms with van der Waals surface area (Å²) < 4.78 is 7.39. The fourth-order valence-corrected chi connectivity index (χ4v) is 2.92. The molecule has 0 bridgehead atoms. The largest absolute Gasteiger partial charge is 0.466 e. The number of imidazole rings is 1. The zero-order valence-corrected chi connectivity index (χ0v) is 12.5. The summed E-state index contributed by atoms with van der Waals surface area (Å²) in [5.41, 5.74) is 2.54. The van der Waals surface area contributed by atoms with E-state index in [0.29, 0.717) is 30.0 Å². The van der Waals surface area contributed by atoms with Crippen LogP contribution in [-0.4, -0.2) is 38.1 Å². The minimum atomic E-state index is -0.227. The van der Waals surface area contributed by atoms with Crippen molar-refractivity contribution in [2.75, 3.05) is 6.61 Å². The van der Waals surface area contributed by atoms with Crippen molar-refractivity contribution in [3.8, 4) is 0 Å². The Morgan fingerprint density at radius 3 is 2.90 bits per heavy atom. The topological polar surface area (TPSA) is 71.5 Å². The van der Waals surface area contributed by atoms with Crippen molar-refractivity contribution < 1.29 is 14.3 Å². The Morgan fingerprint density at radius 2 is 2.29 bits per heavy atom. The third-order valence-corrected chi connectivity index (χ3v) is 4.08. The highest BCUT2D eigenvalue weighted by atomic mass is 16.3. The van der Waals surface area contributed by atoms with Crippen molar-refractivity contribution in [2.45, 2.75) is 32.9 Å². The summed E-state index contributed by atoms with van der Waals surface area (Å²) in [5.74, 6) is 1.22. The second-order valence-corrected chi connectivity index (χ2v) is 5.55. The second kappa shape index (κ2) is 5.04. The molecule has 1 unspecified atom stereocenters. The number of furan rings is 1. The average Bonchev–Trinajstić information content (AvgIpc) is 2.99. The molecule has 3 heterocycles. The van der Waals surface area contributed by atoms with Crippen molar-refractivity contribution in [1.82, 2.24) is 14.5 Å². The zero-order chi connectivity index (χ0) is 15.1. The number of aromatic nitrogens is 2. The van der Waals surface area contributed by atoms with Gasteiger partial charge in [0.1, 0.15) is 11.5 Å². The van der Waals surface area contributed by atoms with Gasteiger partial charge in [0, 0.05) is 19.2 Å². The molecule has 6 nitrogen and oxygen atoms in total. The van der Waals surface area contributed by atoms with Crippen LogP contribution in [0, 0.1) is 13.8 Å². The molecular weight excluding hydrogens is 270 g/mol. The SMILES string of the molecule is Cc1cc(C(=O)N2Cc3ncn(C)c3CC2CO)c(C)o1. The summed E-state index contributed by atoms with van der Waals surface area (Å²) in [6.07, 6.45) is 2.37. The van der Waals surface area contributed by atoms with E-state index in [0.717, 1.165) is 11.4 Å². The summed E-state index contributed by atoms with van der Waals surface area (Å²) in [6, 6.07) is 1.52. The van der Waals surface area contributed by atoms with Gasteiger partial charge in [-0.1, -0.05) is 0 Å². The van der Waals surface area contributed by atoms with Gasteiger partial charge in [-0.2, -0.15) is 0 Å². The Morgan fingerprint density at radius 1 is 1.52 bits per heavy atom. The van der Waals surface area contributed by atoms with Gasteiger partial charge < -0.3 is 19.0 Å². The molecule has 0 fully saturated rings. The Balaban J connectivity index is 1.94. The fourth-order valence-electron chi connectivity index (χ4n) is 2.92. The maximum Gasteiger partial charge on any atom is 0.258 e. The van der Waals surface area contributed by atoms with Gasteiger partial charge in [0.2, 0.25) is 0 Å². The van der Waals surface area contributed by atoms with Crippen molar-refractivity contribution in [1.29, 1.82) is 0 Å². The highest BCUT2D eigenvalue weighted by Gasteiger charge is 2.33. The van der Waals surface area contributed by atoms with Crippen LogP contribution in [0.1, 0.15) is 33.3 Å². The lowest BCUT2D eigenvalue weighted by Crippen LogP contribution is -2.46. The molecule has 112 valence electrons. The van der Waals surface area contributed by atoms with Gasteiger partial charge in [0.15, 0.2) is 0 Å². The molecule has 6 heteroatoms. The molecule has 0 saturated carbocycles. The molecule has 0 spiro atoms. The van der Waals surface area contributed by atoms with Crippen LogP contribution in [-0.2, 0) is 20.0 Å². The molecular formula is C15H19N3O3. The summed E-state index contributed by atoms with van der Waals surface area (Å²) in [6.45, 7) is 3.96. The van der Waals surface area contributed by atoms with Crippen LogP contribution in [0.2, 0.25) is 0 Å². The second-order valence-electron chi connectivity index (χ2n) is 5.55. The van der Waals surface area contributed by atoms with Gasteiger partial charge in [0.25, 0.3) is 5.91 Å². The van der Waals surface area contributed by atoms with Gasteiger partial charge in [-0.05, 0) is 19.9 Å². The molecule has 1 amide bonds. The molecule has 3 rings (SSSR count). The molecule has 0 aromatic carbocycles. The summed E-state index contributed by atoms with van der Waals surface area (Å²) in [4.78, 5) is 18.8. The highest BCUT2D eigenvalue weighted by Crippen LogP contribution is 2.25. The number of amides is 1. The van der Waals surface area contributed by atoms with Crippen molar-refractivity contribution in [3.63, 3.8) is 0 Å². The predicted molar refractivity (Wildman–Crippen MR) is 75.8 cm³/mol. The first-order valence-corrected chi connectivity index (χ1v) is 6.99. The Labute approximate surface area is 123 Å². The quantitative estimate of drug-likeness (QED) is 0.901. The number of aliphatic hydroxyl groups is 1. The number of rotatable bonds is 2. The van der Waals surface area contributed by atoms with E-state index < -0.39 is 0 Å². The number of fused-ring (bicyclic) bond motifs is 1. The Kier molecular flexibility index (Phi) is 3.33. The van der Waals surface area contributed by atoms with E-state index in [2.05, 4.69) is 4.98 Å². The lowest BCUT2D eigenvalue weighted by atomic mass is 10.0. The van der Waals surface area contributed by atoms with E-state index in [1.54, 1.807) is 24.2 Å². The first-order chi connectivity index (χ1) is 10.0. The van der Waals surface area contributed by atoms with E-state index in [1.165, 1.54) is 0 Å². The Bertz CT molecular complexity index is 686. The third-order valence-electron chi connectivity index (χ3n) is 4.08. The smallest absolute Gasteiger partial charge is 0.258 e. The molecule has 1 N–H and O–H groups in total. The van der Waals surface area contributed by atoms with E-state index in [1.807, 2.05) is 18.5 Å². The van der Waals surface area contributed by atoms with Crippen molar-refractivity contribution in [2.24, 2.45) is 7.05 Å². The molecule has 0 radical (unpaired) electrons. The standard InChI is InChI=1S/C15H19N3O3/c1-9-4-12(10(2)21-9)15(20)18-6-13-14(5-11(18)7-19)17(3)8-16-13/h4,8,11,19H,5-7H2,1-3H3. The normalized spacial score (nSPS) is 17.9. The molecule has 0 aliphatic carbocycles. The maximum absolute atomic E-state index is 12.7. The number of carbonyl (C=O) groups is 1. The molecule has 1 aliphatic heterocycles. The fraction of sp³-hybridized carbons (Fsp3) is 0.467. The summed E-state index contributed by atoms with van der Waals surface area (Å²) >= 11 is 0. The summed E-state index contributed by atoms with van der Waals surface area (Å²) in [5, 5.41) is 9.64. The lowest BCUT2D eigenvalue weighted by Gasteiger charge is -2.34. The van der Waals surface area contributed by atoms with Gasteiger partial charge in [-0.25, -0.2) is 4.98 Å². The van der Waals surface area contributed by atoms with Crippen LogP contribution in [0.15, 0.2) is 16.8 Å². The molecule has 1 atom stereocenters. The van der Waals surface area contributed by atoms with Crippen LogP contribution in [0.4, 0.5) is 0 Å². The third kappa shape index (κ3) is 2.25. The molecule has 21 heavy (non-hydrogen) atoms. The van der Waals surface area contributed by atoms with Crippen LogP contribution in [0.25, 0.3) is 0 Å². The summed E-state index contributed by atoms with van der Waals surface area (Å²) in [7, 11) is 1.93. The van der Waals surface area contributed by atoms with E-state index >= 15 is 0 Å². The van der Waals surface area contributed by atoms with Crippen LogP contribution in [0.5, 0.6) is 0 Å².